The highest BCUT2D eigenvalue weighted by Gasteiger charge is 2.10. The molecule has 1 aromatic carbocycles. The molecule has 0 aliphatic carbocycles. The average Bonchev–Trinajstić information content (AvgIpc) is 2.48. The number of aryl methyl sites for hydroxylation is 1. The molecule has 3 rings (SSSR count). The van der Waals surface area contributed by atoms with Gasteiger partial charge in [-0.15, -0.1) is 0 Å². The summed E-state index contributed by atoms with van der Waals surface area (Å²) in [6, 6.07) is 7.03. The number of aromatic amines is 1. The van der Waals surface area contributed by atoms with Gasteiger partial charge < -0.3 is 0 Å². The van der Waals surface area contributed by atoms with Crippen molar-refractivity contribution in [3.05, 3.63) is 56.3 Å². The van der Waals surface area contributed by atoms with Gasteiger partial charge in [0.1, 0.15) is 5.39 Å². The van der Waals surface area contributed by atoms with E-state index in [-0.39, 0.29) is 5.39 Å². The number of H-pyrrole nitrogens is 1. The van der Waals surface area contributed by atoms with Crippen LogP contribution in [0.4, 0.5) is 0 Å². The van der Waals surface area contributed by atoms with Crippen molar-refractivity contribution >= 4 is 22.6 Å². The number of fused-ring (bicyclic) bond motifs is 1. The van der Waals surface area contributed by atoms with E-state index in [0.29, 0.717) is 23.0 Å². The summed E-state index contributed by atoms with van der Waals surface area (Å²) in [6.45, 7) is 2.21. The molecule has 3 aromatic rings. The molecule has 0 atom stereocenters. The van der Waals surface area contributed by atoms with Crippen molar-refractivity contribution < 1.29 is 0 Å². The summed E-state index contributed by atoms with van der Waals surface area (Å²) in [4.78, 5) is 34.4. The van der Waals surface area contributed by atoms with Crippen molar-refractivity contribution in [1.29, 1.82) is 0 Å². The van der Waals surface area contributed by atoms with Crippen molar-refractivity contribution in [3.8, 4) is 11.4 Å². The third-order valence-electron chi connectivity index (χ3n) is 3.15. The Morgan fingerprint density at radius 1 is 1.24 bits per heavy atom. The molecule has 21 heavy (non-hydrogen) atoms. The standard InChI is InChI=1S/C14H11ClN4O2/c1-2-19-12-10(13(20)18-14(19)21)7-16-11(17-12)8-3-5-9(15)6-4-8/h3-7H,2H2,1H3,(H,18,20,21). The Bertz CT molecular complexity index is 928. The van der Waals surface area contributed by atoms with Crippen molar-refractivity contribution in [2.75, 3.05) is 0 Å². The minimum atomic E-state index is -0.484. The van der Waals surface area contributed by atoms with Gasteiger partial charge in [0.15, 0.2) is 11.5 Å². The molecule has 0 radical (unpaired) electrons. The predicted molar refractivity (Wildman–Crippen MR) is 80.5 cm³/mol. The van der Waals surface area contributed by atoms with Crippen molar-refractivity contribution in [1.82, 2.24) is 19.5 Å². The molecule has 0 spiro atoms. The number of aromatic nitrogens is 4. The van der Waals surface area contributed by atoms with Crippen LogP contribution in [0.5, 0.6) is 0 Å². The Balaban J connectivity index is 2.31. The quantitative estimate of drug-likeness (QED) is 0.783. The third-order valence-corrected chi connectivity index (χ3v) is 3.41. The van der Waals surface area contributed by atoms with Gasteiger partial charge in [0.2, 0.25) is 0 Å². The highest BCUT2D eigenvalue weighted by molar-refractivity contribution is 6.30. The minimum absolute atomic E-state index is 0.286. The first-order valence-corrected chi connectivity index (χ1v) is 6.73. The highest BCUT2D eigenvalue weighted by atomic mass is 35.5. The number of rotatable bonds is 2. The van der Waals surface area contributed by atoms with Crippen LogP contribution < -0.4 is 11.2 Å². The monoisotopic (exact) mass is 302 g/mol. The molecule has 2 aromatic heterocycles. The van der Waals surface area contributed by atoms with Crippen molar-refractivity contribution in [2.24, 2.45) is 0 Å². The van der Waals surface area contributed by atoms with Gasteiger partial charge in [-0.2, -0.15) is 0 Å². The lowest BCUT2D eigenvalue weighted by Gasteiger charge is -2.07. The molecule has 7 heteroatoms. The lowest BCUT2D eigenvalue weighted by molar-refractivity contribution is 0.717. The number of nitrogens with one attached hydrogen (secondary N) is 1. The van der Waals surface area contributed by atoms with Crippen LogP contribution in [0.15, 0.2) is 40.1 Å². The van der Waals surface area contributed by atoms with Crippen LogP contribution in [0.1, 0.15) is 6.92 Å². The topological polar surface area (TPSA) is 80.6 Å². The van der Waals surface area contributed by atoms with E-state index >= 15 is 0 Å². The van der Waals surface area contributed by atoms with Crippen LogP contribution in [0.2, 0.25) is 5.02 Å². The Hall–Kier alpha value is -2.47. The summed E-state index contributed by atoms with van der Waals surface area (Å²) in [7, 11) is 0. The molecular formula is C14H11ClN4O2. The van der Waals surface area contributed by atoms with Gasteiger partial charge in [0, 0.05) is 23.3 Å². The van der Waals surface area contributed by atoms with Gasteiger partial charge >= 0.3 is 5.69 Å². The molecule has 6 nitrogen and oxygen atoms in total. The largest absolute Gasteiger partial charge is 0.329 e. The Morgan fingerprint density at radius 3 is 2.62 bits per heavy atom. The van der Waals surface area contributed by atoms with E-state index in [1.807, 2.05) is 6.92 Å². The van der Waals surface area contributed by atoms with E-state index in [4.69, 9.17) is 11.6 Å². The summed E-state index contributed by atoms with van der Waals surface area (Å²) in [6.07, 6.45) is 1.43. The van der Waals surface area contributed by atoms with E-state index in [0.717, 1.165) is 5.56 Å². The second-order valence-electron chi connectivity index (χ2n) is 4.44. The van der Waals surface area contributed by atoms with Gasteiger partial charge in [-0.25, -0.2) is 14.8 Å². The molecular weight excluding hydrogens is 292 g/mol. The number of nitrogens with zero attached hydrogens (tertiary/aromatic N) is 3. The summed E-state index contributed by atoms with van der Waals surface area (Å²) in [5.74, 6) is 0.436. The fraction of sp³-hybridized carbons (Fsp3) is 0.143. The summed E-state index contributed by atoms with van der Waals surface area (Å²) in [5.41, 5.74) is 0.126. The molecule has 0 aliphatic rings. The van der Waals surface area contributed by atoms with E-state index in [2.05, 4.69) is 15.0 Å². The number of halogens is 1. The molecule has 106 valence electrons. The number of hydrogen-bond acceptors (Lipinski definition) is 4. The zero-order valence-corrected chi connectivity index (χ0v) is 11.9. The van der Waals surface area contributed by atoms with E-state index in [1.54, 1.807) is 24.3 Å². The average molecular weight is 303 g/mol. The van der Waals surface area contributed by atoms with Crippen molar-refractivity contribution in [3.63, 3.8) is 0 Å². The van der Waals surface area contributed by atoms with Crippen LogP contribution in [0, 0.1) is 0 Å². The first-order valence-electron chi connectivity index (χ1n) is 6.36. The van der Waals surface area contributed by atoms with Crippen LogP contribution in [0.3, 0.4) is 0 Å². The second-order valence-corrected chi connectivity index (χ2v) is 4.88. The zero-order chi connectivity index (χ0) is 15.0. The SMILES string of the molecule is CCn1c(=O)[nH]c(=O)c2cnc(-c3ccc(Cl)cc3)nc21. The first kappa shape index (κ1) is 13.5. The van der Waals surface area contributed by atoms with Gasteiger partial charge in [-0.3, -0.25) is 14.3 Å². The van der Waals surface area contributed by atoms with Crippen LogP contribution in [0.25, 0.3) is 22.4 Å². The zero-order valence-electron chi connectivity index (χ0n) is 11.1. The maximum atomic E-state index is 11.8. The third kappa shape index (κ3) is 2.34. The fourth-order valence-corrected chi connectivity index (χ4v) is 2.22. The molecule has 0 saturated heterocycles. The van der Waals surface area contributed by atoms with Crippen molar-refractivity contribution in [2.45, 2.75) is 13.5 Å². The molecule has 2 heterocycles. The van der Waals surface area contributed by atoms with Gasteiger partial charge in [0.05, 0.1) is 0 Å². The Kier molecular flexibility index (Phi) is 3.31. The molecule has 1 N–H and O–H groups in total. The molecule has 0 unspecified atom stereocenters. The fourth-order valence-electron chi connectivity index (χ4n) is 2.10. The second kappa shape index (κ2) is 5.14. The minimum Gasteiger partial charge on any atom is -0.278 e. The number of hydrogen-bond donors (Lipinski definition) is 1. The molecule has 0 saturated carbocycles. The smallest absolute Gasteiger partial charge is 0.278 e. The van der Waals surface area contributed by atoms with Crippen LogP contribution >= 0.6 is 11.6 Å². The van der Waals surface area contributed by atoms with Gasteiger partial charge in [0.25, 0.3) is 5.56 Å². The van der Waals surface area contributed by atoms with Crippen LogP contribution in [-0.4, -0.2) is 19.5 Å². The predicted octanol–water partition coefficient (Wildman–Crippen LogP) is 1.82. The maximum absolute atomic E-state index is 11.8. The highest BCUT2D eigenvalue weighted by Crippen LogP contribution is 2.19. The summed E-state index contributed by atoms with van der Waals surface area (Å²) >= 11 is 5.85. The number of benzene rings is 1. The maximum Gasteiger partial charge on any atom is 0.329 e. The van der Waals surface area contributed by atoms with E-state index < -0.39 is 11.2 Å². The molecule has 0 aliphatic heterocycles. The summed E-state index contributed by atoms with van der Waals surface area (Å²) < 4.78 is 1.40. The van der Waals surface area contributed by atoms with Gasteiger partial charge in [-0.05, 0) is 31.2 Å². The molecule has 0 fully saturated rings. The van der Waals surface area contributed by atoms with E-state index in [1.165, 1.54) is 10.8 Å². The molecule has 0 amide bonds. The normalized spacial score (nSPS) is 11.0. The van der Waals surface area contributed by atoms with Crippen LogP contribution in [-0.2, 0) is 6.54 Å². The summed E-state index contributed by atoms with van der Waals surface area (Å²) in [5, 5.41) is 0.899. The molecule has 0 bridgehead atoms. The lowest BCUT2D eigenvalue weighted by atomic mass is 10.2. The Morgan fingerprint density at radius 2 is 1.95 bits per heavy atom. The lowest BCUT2D eigenvalue weighted by Crippen LogP contribution is -2.30. The van der Waals surface area contributed by atoms with Gasteiger partial charge in [-0.1, -0.05) is 11.6 Å². The first-order chi connectivity index (χ1) is 10.1. The Labute approximate surface area is 124 Å². The van der Waals surface area contributed by atoms with E-state index in [9.17, 15) is 9.59 Å².